The van der Waals surface area contributed by atoms with E-state index in [-0.39, 0.29) is 0 Å². The summed E-state index contributed by atoms with van der Waals surface area (Å²) in [7, 11) is 0. The quantitative estimate of drug-likeness (QED) is 0.841. The van der Waals surface area contributed by atoms with E-state index < -0.39 is 0 Å². The van der Waals surface area contributed by atoms with Crippen LogP contribution in [0.1, 0.15) is 13.3 Å². The maximum Gasteiger partial charge on any atom is 0.0446 e. The Balaban J connectivity index is 1.89. The molecule has 2 aromatic rings. The highest BCUT2D eigenvalue weighted by molar-refractivity contribution is 5.78. The second-order valence-corrected chi connectivity index (χ2v) is 5.66. The third kappa shape index (κ3) is 3.27. The molecule has 2 nitrogen and oxygen atoms in total. The lowest BCUT2D eigenvalue weighted by Crippen LogP contribution is -2.30. The fourth-order valence-corrected chi connectivity index (χ4v) is 3.14. The van der Waals surface area contributed by atoms with Gasteiger partial charge in [-0.3, -0.25) is 0 Å². The SMILES string of the molecule is CCN1CCCN(c2ccccc2-c2ccccc2)CC1. The van der Waals surface area contributed by atoms with E-state index in [1.54, 1.807) is 0 Å². The second kappa shape index (κ2) is 6.77. The van der Waals surface area contributed by atoms with Crippen molar-refractivity contribution < 1.29 is 0 Å². The number of hydrogen-bond acceptors (Lipinski definition) is 2. The van der Waals surface area contributed by atoms with Gasteiger partial charge < -0.3 is 9.80 Å². The lowest BCUT2D eigenvalue weighted by atomic mass is 10.0. The fourth-order valence-electron chi connectivity index (χ4n) is 3.14. The van der Waals surface area contributed by atoms with Crippen LogP contribution in [0.3, 0.4) is 0 Å². The molecule has 0 unspecified atom stereocenters. The van der Waals surface area contributed by atoms with Crippen molar-refractivity contribution in [2.45, 2.75) is 13.3 Å². The molecular formula is C19H24N2. The molecule has 21 heavy (non-hydrogen) atoms. The number of benzene rings is 2. The summed E-state index contributed by atoms with van der Waals surface area (Å²) in [4.78, 5) is 5.10. The average molecular weight is 280 g/mol. The number of hydrogen-bond donors (Lipinski definition) is 0. The van der Waals surface area contributed by atoms with Gasteiger partial charge in [-0.1, -0.05) is 55.5 Å². The Labute approximate surface area is 128 Å². The van der Waals surface area contributed by atoms with Gasteiger partial charge in [-0.2, -0.15) is 0 Å². The molecule has 0 saturated carbocycles. The largest absolute Gasteiger partial charge is 0.370 e. The minimum absolute atomic E-state index is 1.12. The lowest BCUT2D eigenvalue weighted by Gasteiger charge is -2.26. The molecule has 110 valence electrons. The summed E-state index contributed by atoms with van der Waals surface area (Å²) in [6.45, 7) is 8.08. The van der Waals surface area contributed by atoms with E-state index in [0.717, 1.165) is 19.6 Å². The highest BCUT2D eigenvalue weighted by Crippen LogP contribution is 2.31. The van der Waals surface area contributed by atoms with Crippen molar-refractivity contribution in [2.24, 2.45) is 0 Å². The molecule has 0 atom stereocenters. The first-order chi connectivity index (χ1) is 10.4. The van der Waals surface area contributed by atoms with Crippen LogP contribution in [-0.2, 0) is 0 Å². The van der Waals surface area contributed by atoms with Crippen LogP contribution in [0.15, 0.2) is 54.6 Å². The number of likely N-dealkylation sites (N-methyl/N-ethyl adjacent to an activating group) is 1. The molecular weight excluding hydrogens is 256 g/mol. The smallest absolute Gasteiger partial charge is 0.0446 e. The van der Waals surface area contributed by atoms with Gasteiger partial charge in [0.1, 0.15) is 0 Å². The van der Waals surface area contributed by atoms with Crippen molar-refractivity contribution >= 4 is 5.69 Å². The van der Waals surface area contributed by atoms with Gasteiger partial charge >= 0.3 is 0 Å². The minimum atomic E-state index is 1.12. The molecule has 3 rings (SSSR count). The van der Waals surface area contributed by atoms with Crippen LogP contribution in [-0.4, -0.2) is 37.6 Å². The molecule has 0 N–H and O–H groups in total. The van der Waals surface area contributed by atoms with Gasteiger partial charge in [-0.15, -0.1) is 0 Å². The normalized spacial score (nSPS) is 16.7. The first-order valence-corrected chi connectivity index (χ1v) is 8.00. The van der Waals surface area contributed by atoms with Crippen molar-refractivity contribution in [3.05, 3.63) is 54.6 Å². The molecule has 2 aromatic carbocycles. The zero-order valence-electron chi connectivity index (χ0n) is 12.8. The standard InChI is InChI=1S/C19H24N2/c1-2-20-13-8-14-21(16-15-20)19-12-7-6-11-18(19)17-9-4-3-5-10-17/h3-7,9-12H,2,8,13-16H2,1H3. The third-order valence-electron chi connectivity index (χ3n) is 4.37. The molecule has 0 radical (unpaired) electrons. The van der Waals surface area contributed by atoms with Gasteiger partial charge in [-0.05, 0) is 31.1 Å². The highest BCUT2D eigenvalue weighted by Gasteiger charge is 2.16. The molecule has 0 bridgehead atoms. The number of anilines is 1. The van der Waals surface area contributed by atoms with E-state index in [1.165, 1.54) is 36.3 Å². The van der Waals surface area contributed by atoms with Crippen molar-refractivity contribution in [2.75, 3.05) is 37.6 Å². The zero-order valence-corrected chi connectivity index (χ0v) is 12.8. The zero-order chi connectivity index (χ0) is 14.5. The summed E-state index contributed by atoms with van der Waals surface area (Å²) >= 11 is 0. The Morgan fingerprint density at radius 2 is 1.57 bits per heavy atom. The van der Waals surface area contributed by atoms with Crippen LogP contribution in [0, 0.1) is 0 Å². The first kappa shape index (κ1) is 14.2. The number of rotatable bonds is 3. The molecule has 1 aliphatic heterocycles. The van der Waals surface area contributed by atoms with Gasteiger partial charge in [0.2, 0.25) is 0 Å². The monoisotopic (exact) mass is 280 g/mol. The molecule has 0 amide bonds. The van der Waals surface area contributed by atoms with E-state index in [1.807, 2.05) is 0 Å². The van der Waals surface area contributed by atoms with Crippen LogP contribution in [0.25, 0.3) is 11.1 Å². The van der Waals surface area contributed by atoms with E-state index in [0.29, 0.717) is 0 Å². The van der Waals surface area contributed by atoms with E-state index in [2.05, 4.69) is 71.3 Å². The molecule has 0 aromatic heterocycles. The number of para-hydroxylation sites is 1. The summed E-state index contributed by atoms with van der Waals surface area (Å²) < 4.78 is 0. The van der Waals surface area contributed by atoms with Gasteiger partial charge in [0, 0.05) is 30.9 Å². The average Bonchev–Trinajstić information content (AvgIpc) is 2.81. The molecule has 0 aliphatic carbocycles. The Bertz CT molecular complexity index is 565. The Hall–Kier alpha value is -1.80. The topological polar surface area (TPSA) is 6.48 Å². The van der Waals surface area contributed by atoms with Crippen LogP contribution < -0.4 is 4.90 Å². The number of nitrogens with zero attached hydrogens (tertiary/aromatic N) is 2. The predicted molar refractivity (Wildman–Crippen MR) is 90.8 cm³/mol. The summed E-state index contributed by atoms with van der Waals surface area (Å²) in [5, 5.41) is 0. The lowest BCUT2D eigenvalue weighted by molar-refractivity contribution is 0.310. The summed E-state index contributed by atoms with van der Waals surface area (Å²) in [6.07, 6.45) is 1.25. The Morgan fingerprint density at radius 3 is 2.38 bits per heavy atom. The maximum absolute atomic E-state index is 2.55. The van der Waals surface area contributed by atoms with Crippen molar-refractivity contribution in [3.63, 3.8) is 0 Å². The van der Waals surface area contributed by atoms with E-state index >= 15 is 0 Å². The van der Waals surface area contributed by atoms with Crippen LogP contribution in [0.2, 0.25) is 0 Å². The van der Waals surface area contributed by atoms with Crippen LogP contribution in [0.5, 0.6) is 0 Å². The molecule has 0 spiro atoms. The van der Waals surface area contributed by atoms with E-state index in [9.17, 15) is 0 Å². The van der Waals surface area contributed by atoms with Gasteiger partial charge in [0.05, 0.1) is 0 Å². The van der Waals surface area contributed by atoms with E-state index in [4.69, 9.17) is 0 Å². The van der Waals surface area contributed by atoms with Gasteiger partial charge in [0.15, 0.2) is 0 Å². The molecule has 1 saturated heterocycles. The molecule has 1 fully saturated rings. The van der Waals surface area contributed by atoms with Crippen molar-refractivity contribution in [1.29, 1.82) is 0 Å². The fraction of sp³-hybridized carbons (Fsp3) is 0.368. The summed E-state index contributed by atoms with van der Waals surface area (Å²) in [5.41, 5.74) is 4.04. The molecule has 1 aliphatic rings. The Kier molecular flexibility index (Phi) is 4.56. The van der Waals surface area contributed by atoms with Gasteiger partial charge in [0.25, 0.3) is 0 Å². The van der Waals surface area contributed by atoms with Crippen LogP contribution in [0.4, 0.5) is 5.69 Å². The predicted octanol–water partition coefficient (Wildman–Crippen LogP) is 3.89. The molecule has 2 heteroatoms. The van der Waals surface area contributed by atoms with Crippen LogP contribution >= 0.6 is 0 Å². The third-order valence-corrected chi connectivity index (χ3v) is 4.37. The summed E-state index contributed by atoms with van der Waals surface area (Å²) in [6, 6.07) is 19.5. The van der Waals surface area contributed by atoms with Crippen molar-refractivity contribution in [1.82, 2.24) is 4.90 Å². The summed E-state index contributed by atoms with van der Waals surface area (Å²) in [5.74, 6) is 0. The minimum Gasteiger partial charge on any atom is -0.370 e. The first-order valence-electron chi connectivity index (χ1n) is 8.00. The second-order valence-electron chi connectivity index (χ2n) is 5.66. The van der Waals surface area contributed by atoms with Crippen molar-refractivity contribution in [3.8, 4) is 11.1 Å². The van der Waals surface area contributed by atoms with Gasteiger partial charge in [-0.25, -0.2) is 0 Å². The molecule has 1 heterocycles. The Morgan fingerprint density at radius 1 is 0.810 bits per heavy atom. The maximum atomic E-state index is 2.55. The highest BCUT2D eigenvalue weighted by atomic mass is 15.2.